The van der Waals surface area contributed by atoms with E-state index in [1.165, 1.54) is 0 Å². The molecule has 0 radical (unpaired) electrons. The molecule has 0 atom stereocenters. The van der Waals surface area contributed by atoms with Crippen molar-refractivity contribution >= 4 is 22.9 Å². The third-order valence-corrected chi connectivity index (χ3v) is 3.76. The lowest BCUT2D eigenvalue weighted by molar-refractivity contribution is -0.168. The first-order valence-corrected chi connectivity index (χ1v) is 6.05. The third-order valence-electron chi connectivity index (χ3n) is 2.30. The molecule has 78 valence electrons. The van der Waals surface area contributed by atoms with Crippen LogP contribution in [0.15, 0.2) is 11.4 Å². The predicted octanol–water partition coefficient (Wildman–Crippen LogP) is 3.40. The Morgan fingerprint density at radius 2 is 2.21 bits per heavy atom. The van der Waals surface area contributed by atoms with Crippen LogP contribution in [0.1, 0.15) is 24.6 Å². The first kappa shape index (κ1) is 10.4. The lowest BCUT2D eigenvalue weighted by atomic mass is 10.1. The fourth-order valence-electron chi connectivity index (χ4n) is 1.74. The van der Waals surface area contributed by atoms with Crippen molar-refractivity contribution in [2.75, 3.05) is 13.2 Å². The van der Waals surface area contributed by atoms with Gasteiger partial charge >= 0.3 is 0 Å². The van der Waals surface area contributed by atoms with Crippen molar-refractivity contribution in [3.63, 3.8) is 0 Å². The Bertz CT molecular complexity index is 305. The van der Waals surface area contributed by atoms with E-state index in [0.29, 0.717) is 13.2 Å². The summed E-state index contributed by atoms with van der Waals surface area (Å²) in [6.45, 7) is 3.44. The summed E-state index contributed by atoms with van der Waals surface area (Å²) in [7, 11) is 0. The van der Waals surface area contributed by atoms with E-state index in [-0.39, 0.29) is 0 Å². The number of halogens is 1. The first-order chi connectivity index (χ1) is 6.78. The lowest BCUT2D eigenvalue weighted by Gasteiger charge is -2.26. The van der Waals surface area contributed by atoms with Gasteiger partial charge in [0.15, 0.2) is 0 Å². The zero-order chi connectivity index (χ0) is 10.0. The molecule has 2 rings (SSSR count). The maximum Gasteiger partial charge on any atom is 0.205 e. The van der Waals surface area contributed by atoms with Gasteiger partial charge < -0.3 is 9.47 Å². The molecule has 4 heteroatoms. The molecule has 0 amide bonds. The van der Waals surface area contributed by atoms with Crippen LogP contribution in [0.2, 0.25) is 5.02 Å². The highest BCUT2D eigenvalue weighted by molar-refractivity contribution is 7.10. The topological polar surface area (TPSA) is 18.5 Å². The summed E-state index contributed by atoms with van der Waals surface area (Å²) in [4.78, 5) is 1.01. The van der Waals surface area contributed by atoms with Gasteiger partial charge in [-0.3, -0.25) is 0 Å². The van der Waals surface area contributed by atoms with E-state index < -0.39 is 5.79 Å². The fraction of sp³-hybridized carbons (Fsp3) is 0.600. The average molecular weight is 233 g/mol. The largest absolute Gasteiger partial charge is 0.343 e. The second-order valence-electron chi connectivity index (χ2n) is 3.30. The van der Waals surface area contributed by atoms with Crippen molar-refractivity contribution in [3.05, 3.63) is 21.3 Å². The van der Waals surface area contributed by atoms with Gasteiger partial charge in [-0.15, -0.1) is 11.3 Å². The number of ether oxygens (including phenoxy) is 2. The molecular formula is C10H13ClO2S. The second kappa shape index (κ2) is 4.19. The smallest absolute Gasteiger partial charge is 0.205 e. The Balaban J connectivity index is 2.31. The van der Waals surface area contributed by atoms with E-state index >= 15 is 0 Å². The zero-order valence-corrected chi connectivity index (χ0v) is 9.66. The standard InChI is InChI=1S/C10H13ClO2S/c1-2-4-10(12-5-6-13-10)9-8(11)3-7-14-9/h3,7H,2,4-6H2,1H3. The summed E-state index contributed by atoms with van der Waals surface area (Å²) in [6, 6.07) is 1.89. The van der Waals surface area contributed by atoms with Crippen LogP contribution >= 0.6 is 22.9 Å². The van der Waals surface area contributed by atoms with E-state index in [4.69, 9.17) is 21.1 Å². The van der Waals surface area contributed by atoms with Crippen LogP contribution < -0.4 is 0 Å². The number of hydrogen-bond acceptors (Lipinski definition) is 3. The van der Waals surface area contributed by atoms with Gasteiger partial charge in [0.05, 0.1) is 23.1 Å². The Kier molecular flexibility index (Phi) is 3.12. The molecule has 1 aromatic rings. The summed E-state index contributed by atoms with van der Waals surface area (Å²) in [5, 5.41) is 2.73. The Morgan fingerprint density at radius 3 is 2.71 bits per heavy atom. The highest BCUT2D eigenvalue weighted by atomic mass is 35.5. The van der Waals surface area contributed by atoms with Crippen molar-refractivity contribution in [2.45, 2.75) is 25.6 Å². The van der Waals surface area contributed by atoms with Crippen molar-refractivity contribution in [2.24, 2.45) is 0 Å². The van der Waals surface area contributed by atoms with Gasteiger partial charge in [0.1, 0.15) is 0 Å². The highest BCUT2D eigenvalue weighted by Gasteiger charge is 2.40. The fourth-order valence-corrected chi connectivity index (χ4v) is 3.07. The molecule has 0 bridgehead atoms. The van der Waals surface area contributed by atoms with E-state index in [1.807, 2.05) is 11.4 Å². The van der Waals surface area contributed by atoms with Crippen LogP contribution in [0, 0.1) is 0 Å². The van der Waals surface area contributed by atoms with Gasteiger partial charge in [-0.1, -0.05) is 24.9 Å². The van der Waals surface area contributed by atoms with Crippen LogP contribution in [0.5, 0.6) is 0 Å². The molecule has 0 spiro atoms. The average Bonchev–Trinajstić information content (AvgIpc) is 2.75. The number of hydrogen-bond donors (Lipinski definition) is 0. The van der Waals surface area contributed by atoms with Crippen molar-refractivity contribution < 1.29 is 9.47 Å². The SMILES string of the molecule is CCCC1(c2sccc2Cl)OCCO1. The summed E-state index contributed by atoms with van der Waals surface area (Å²) < 4.78 is 11.4. The molecule has 1 aliphatic rings. The van der Waals surface area contributed by atoms with Gasteiger partial charge in [-0.2, -0.15) is 0 Å². The maximum atomic E-state index is 6.10. The molecule has 0 aliphatic carbocycles. The monoisotopic (exact) mass is 232 g/mol. The van der Waals surface area contributed by atoms with Gasteiger partial charge in [0, 0.05) is 6.42 Å². The summed E-state index contributed by atoms with van der Waals surface area (Å²) in [6.07, 6.45) is 1.89. The van der Waals surface area contributed by atoms with Gasteiger partial charge in [0.2, 0.25) is 5.79 Å². The van der Waals surface area contributed by atoms with Crippen LogP contribution in [-0.4, -0.2) is 13.2 Å². The van der Waals surface area contributed by atoms with Gasteiger partial charge in [-0.25, -0.2) is 0 Å². The molecule has 14 heavy (non-hydrogen) atoms. The molecule has 1 fully saturated rings. The Hall–Kier alpha value is -0.0900. The molecule has 1 saturated heterocycles. The molecule has 0 saturated carbocycles. The molecule has 1 aromatic heterocycles. The van der Waals surface area contributed by atoms with E-state index in [9.17, 15) is 0 Å². The number of rotatable bonds is 3. The summed E-state index contributed by atoms with van der Waals surface area (Å²) >= 11 is 7.70. The van der Waals surface area contributed by atoms with E-state index in [0.717, 1.165) is 22.7 Å². The van der Waals surface area contributed by atoms with Crippen molar-refractivity contribution in [1.82, 2.24) is 0 Å². The number of thiophene rings is 1. The van der Waals surface area contributed by atoms with Gasteiger partial charge in [0.25, 0.3) is 0 Å². The van der Waals surface area contributed by atoms with Crippen molar-refractivity contribution in [3.8, 4) is 0 Å². The third kappa shape index (κ3) is 1.70. The van der Waals surface area contributed by atoms with E-state index in [2.05, 4.69) is 6.92 Å². The minimum absolute atomic E-state index is 0.556. The second-order valence-corrected chi connectivity index (χ2v) is 4.62. The van der Waals surface area contributed by atoms with Crippen LogP contribution in [0.3, 0.4) is 0 Å². The Labute approximate surface area is 92.8 Å². The minimum atomic E-state index is -0.556. The Morgan fingerprint density at radius 1 is 1.50 bits per heavy atom. The van der Waals surface area contributed by atoms with E-state index in [1.54, 1.807) is 11.3 Å². The molecular weight excluding hydrogens is 220 g/mol. The minimum Gasteiger partial charge on any atom is -0.343 e. The molecule has 0 N–H and O–H groups in total. The van der Waals surface area contributed by atoms with Crippen LogP contribution in [-0.2, 0) is 15.3 Å². The molecule has 2 heterocycles. The normalized spacial score (nSPS) is 20.1. The van der Waals surface area contributed by atoms with Crippen LogP contribution in [0.4, 0.5) is 0 Å². The van der Waals surface area contributed by atoms with Gasteiger partial charge in [-0.05, 0) is 11.4 Å². The first-order valence-electron chi connectivity index (χ1n) is 4.80. The summed E-state index contributed by atoms with van der Waals surface area (Å²) in [5.41, 5.74) is 0. The highest BCUT2D eigenvalue weighted by Crippen LogP contribution is 2.42. The molecule has 0 aromatic carbocycles. The maximum absolute atomic E-state index is 6.10. The molecule has 1 aliphatic heterocycles. The zero-order valence-electron chi connectivity index (χ0n) is 8.09. The van der Waals surface area contributed by atoms with Crippen molar-refractivity contribution in [1.29, 1.82) is 0 Å². The quantitative estimate of drug-likeness (QED) is 0.795. The molecule has 2 nitrogen and oxygen atoms in total. The summed E-state index contributed by atoms with van der Waals surface area (Å²) in [5.74, 6) is -0.556. The van der Waals surface area contributed by atoms with Crippen LogP contribution in [0.25, 0.3) is 0 Å². The molecule has 0 unspecified atom stereocenters. The lowest BCUT2D eigenvalue weighted by Crippen LogP contribution is -2.25. The predicted molar refractivity (Wildman–Crippen MR) is 57.8 cm³/mol.